The minimum Gasteiger partial charge on any atom is -0.464 e. The summed E-state index contributed by atoms with van der Waals surface area (Å²) in [4.78, 5) is 71.8. The lowest BCUT2D eigenvalue weighted by Gasteiger charge is -2.40. The number of aliphatic hydroxyl groups excluding tert-OH is 1. The highest BCUT2D eigenvalue weighted by molar-refractivity contribution is 6.66. The maximum absolute atomic E-state index is 12.0. The fourth-order valence-corrected chi connectivity index (χ4v) is 5.96. The number of carbonyl (C=O) groups excluding carboxylic acids is 6. The Kier molecular flexibility index (Phi) is 24.8. The molecule has 0 spiro atoms. The third-order valence-corrected chi connectivity index (χ3v) is 9.52. The molecule has 0 unspecified atom stereocenters. The van der Waals surface area contributed by atoms with Crippen LogP contribution in [0.2, 0.25) is 0 Å². The van der Waals surface area contributed by atoms with Crippen molar-refractivity contribution in [2.24, 2.45) is 0 Å². The first-order valence-electron chi connectivity index (χ1n) is 20.1. The number of para-hydroxylation sites is 1. The van der Waals surface area contributed by atoms with Gasteiger partial charge in [-0.1, -0.05) is 32.2 Å². The van der Waals surface area contributed by atoms with Gasteiger partial charge in [0.1, 0.15) is 30.0 Å². The maximum atomic E-state index is 12.0. The summed E-state index contributed by atoms with van der Waals surface area (Å²) in [6.07, 6.45) is 2.80. The second-order valence-electron chi connectivity index (χ2n) is 16.4. The first-order valence-corrected chi connectivity index (χ1v) is 21.6. The highest BCUT2D eigenvalue weighted by Gasteiger charge is 2.37. The van der Waals surface area contributed by atoms with Crippen LogP contribution in [0, 0.1) is 0 Å². The Labute approximate surface area is 404 Å². The number of hydrogen-bond donors (Lipinski definition) is 4. The second kappa shape index (κ2) is 27.4. The molecule has 25 heteroatoms. The van der Waals surface area contributed by atoms with Gasteiger partial charge in [0.2, 0.25) is 5.91 Å². The van der Waals surface area contributed by atoms with Crippen LogP contribution in [-0.4, -0.2) is 159 Å². The number of fused-ring (bicyclic) bond motifs is 1. The highest BCUT2D eigenvalue weighted by Crippen LogP contribution is 2.28. The normalized spacial score (nSPS) is 17.7. The molecule has 4 heterocycles. The van der Waals surface area contributed by atoms with Gasteiger partial charge in [-0.25, -0.2) is 24.0 Å². The zero-order valence-corrected chi connectivity index (χ0v) is 40.2. The zero-order chi connectivity index (χ0) is 49.3. The number of carbonyl (C=O) groups is 6. The van der Waals surface area contributed by atoms with Crippen molar-refractivity contribution in [2.75, 3.05) is 46.6 Å². The molecule has 2 aromatic rings. The topological polar surface area (TPSA) is 253 Å². The van der Waals surface area contributed by atoms with Crippen LogP contribution in [0.5, 0.6) is 0 Å². The van der Waals surface area contributed by atoms with E-state index in [9.17, 15) is 38.8 Å². The number of nitrogens with zero attached hydrogens (tertiary/aromatic N) is 3. The largest absolute Gasteiger partial charge is 0.511 e. The van der Waals surface area contributed by atoms with E-state index < -0.39 is 45.9 Å². The molecule has 4 atom stereocenters. The number of aliphatic hydroxyl groups is 1. The third kappa shape index (κ3) is 21.5. The van der Waals surface area contributed by atoms with Gasteiger partial charge in [-0.05, 0) is 120 Å². The second-order valence-corrected chi connectivity index (χ2v) is 18.9. The molecule has 20 nitrogen and oxygen atoms in total. The number of benzene rings is 1. The van der Waals surface area contributed by atoms with Crippen LogP contribution >= 0.6 is 46.4 Å². The number of alkyl halides is 3. The average Bonchev–Trinajstić information content (AvgIpc) is 3.54. The van der Waals surface area contributed by atoms with Crippen molar-refractivity contribution in [2.45, 2.75) is 114 Å². The van der Waals surface area contributed by atoms with Crippen LogP contribution in [-0.2, 0) is 39.6 Å². The Balaban J connectivity index is 0.000000478. The van der Waals surface area contributed by atoms with E-state index >= 15 is 0 Å². The Bertz CT molecular complexity index is 1900. The van der Waals surface area contributed by atoms with Crippen molar-refractivity contribution in [3.05, 3.63) is 48.7 Å². The number of halogens is 4. The van der Waals surface area contributed by atoms with Crippen LogP contribution in [0.3, 0.4) is 0 Å². The van der Waals surface area contributed by atoms with E-state index in [1.165, 1.54) is 17.2 Å². The molecule has 0 radical (unpaired) electrons. The summed E-state index contributed by atoms with van der Waals surface area (Å²) in [5.74, 6) is -1.17. The quantitative estimate of drug-likeness (QED) is 0.0469. The molecular formula is C41H61BCl4N4O16. The highest BCUT2D eigenvalue weighted by atomic mass is 35.6. The number of amides is 4. The van der Waals surface area contributed by atoms with Crippen LogP contribution in [0.15, 0.2) is 47.6 Å². The van der Waals surface area contributed by atoms with Gasteiger partial charge in [0.15, 0.2) is 0 Å². The van der Waals surface area contributed by atoms with E-state index in [1.54, 1.807) is 36.6 Å². The third-order valence-electron chi connectivity index (χ3n) is 9.18. The summed E-state index contributed by atoms with van der Waals surface area (Å²) >= 11 is 20.1. The number of alkyl carbamates (subject to hydrolysis) is 1. The number of nitrogens with one attached hydrogen (secondary N) is 1. The Morgan fingerprint density at radius 2 is 1.35 bits per heavy atom. The molecule has 0 bridgehead atoms. The molecule has 3 aliphatic heterocycles. The summed E-state index contributed by atoms with van der Waals surface area (Å²) < 4.78 is 31.5. The van der Waals surface area contributed by atoms with E-state index in [4.69, 9.17) is 70.1 Å². The molecule has 1 aromatic carbocycles. The van der Waals surface area contributed by atoms with E-state index in [2.05, 4.69) is 26.1 Å². The van der Waals surface area contributed by atoms with E-state index in [0.29, 0.717) is 25.2 Å². The van der Waals surface area contributed by atoms with Crippen LogP contribution in [0.1, 0.15) is 73.8 Å². The average molecular weight is 1020 g/mol. The maximum Gasteiger partial charge on any atom is 0.511 e. The van der Waals surface area contributed by atoms with Crippen molar-refractivity contribution in [3.63, 3.8) is 0 Å². The fraction of sp³-hybridized carbons (Fsp3) is 0.610. The summed E-state index contributed by atoms with van der Waals surface area (Å²) in [5.41, 5.74) is -0.396. The molecule has 0 saturated carbocycles. The van der Waals surface area contributed by atoms with Crippen molar-refractivity contribution >= 4 is 100 Å². The van der Waals surface area contributed by atoms with Gasteiger partial charge in [-0.2, -0.15) is 0 Å². The molecule has 4 N–H and O–H groups in total. The number of rotatable bonds is 10. The molecule has 0 aliphatic carbocycles. The molecule has 3 aliphatic rings. The summed E-state index contributed by atoms with van der Waals surface area (Å²) in [6.45, 7) is 16.5. The van der Waals surface area contributed by atoms with Gasteiger partial charge in [0.25, 0.3) is 0 Å². The molecular weight excluding hydrogens is 957 g/mol. The van der Waals surface area contributed by atoms with Gasteiger partial charge >= 0.3 is 41.0 Å². The minimum atomic E-state index is -2.03. The molecule has 66 heavy (non-hydrogen) atoms. The minimum absolute atomic E-state index is 0. The first kappa shape index (κ1) is 59.6. The lowest BCUT2D eigenvalue weighted by atomic mass is 9.76. The number of methoxy groups -OCH3 is 1. The summed E-state index contributed by atoms with van der Waals surface area (Å²) in [7, 11) is -0.660. The monoisotopic (exact) mass is 1020 g/mol. The van der Waals surface area contributed by atoms with Crippen molar-refractivity contribution in [1.29, 1.82) is 0 Å². The number of hydrogen-bond acceptors (Lipinski definition) is 16. The van der Waals surface area contributed by atoms with Gasteiger partial charge in [-0.3, -0.25) is 4.79 Å². The smallest absolute Gasteiger partial charge is 0.464 e. The fourth-order valence-electron chi connectivity index (χ4n) is 5.71. The Hall–Kier alpha value is -4.38. The van der Waals surface area contributed by atoms with Crippen LogP contribution in [0.25, 0.3) is 11.0 Å². The molecule has 4 amide bonds. The van der Waals surface area contributed by atoms with Gasteiger partial charge in [0.05, 0.1) is 44.0 Å². The van der Waals surface area contributed by atoms with Gasteiger partial charge in [-0.15, -0.1) is 0 Å². The Morgan fingerprint density at radius 3 is 1.76 bits per heavy atom. The van der Waals surface area contributed by atoms with Crippen molar-refractivity contribution in [1.82, 2.24) is 20.0 Å². The first-order chi connectivity index (χ1) is 30.2. The van der Waals surface area contributed by atoms with E-state index in [1.807, 2.05) is 39.0 Å². The van der Waals surface area contributed by atoms with E-state index in [0.717, 1.165) is 37.3 Å². The standard InChI is InChI=1S/C18H21BN2O6.C10H16ClNO4.C9H17NO3.C3H3Cl3O3.CH4/c1-2-17(22)21-8-7-13(21)11-27-18(23)20-16(19(24)25)9-12-10-26-15-6-4-3-5-14(12)15;1-10(2,3)16-9(14)12-5-4-7(12)6-15-8(11)13;1-9(2,3)13-8(12)10-5-4-7(10)6-11;1-8-2(7)9-3(4,5)6;/h2-6,10,13,16,24-25H,1,7-9,11H2,(H,20,23);7H,4-6H2,1-3H3;7,11H,4-6H2,1-3H3;1H3;1H4/t13-,16+;2*7-;;/m111../s1. The summed E-state index contributed by atoms with van der Waals surface area (Å²) in [5, 5.41) is 31.4. The predicted octanol–water partition coefficient (Wildman–Crippen LogP) is 6.96. The lowest BCUT2D eigenvalue weighted by molar-refractivity contribution is -0.135. The Morgan fingerprint density at radius 1 is 0.848 bits per heavy atom. The van der Waals surface area contributed by atoms with E-state index in [-0.39, 0.29) is 69.9 Å². The molecule has 5 rings (SSSR count). The van der Waals surface area contributed by atoms with Gasteiger partial charge in [0, 0.05) is 36.6 Å². The molecule has 1 aromatic heterocycles. The molecule has 372 valence electrons. The van der Waals surface area contributed by atoms with Crippen molar-refractivity contribution < 1.29 is 76.8 Å². The van der Waals surface area contributed by atoms with Gasteiger partial charge < -0.3 is 68.0 Å². The lowest BCUT2D eigenvalue weighted by Crippen LogP contribution is -2.54. The van der Waals surface area contributed by atoms with Crippen LogP contribution < -0.4 is 5.32 Å². The van der Waals surface area contributed by atoms with Crippen LogP contribution in [0.4, 0.5) is 24.0 Å². The number of ether oxygens (including phenoxy) is 6. The molecule has 3 fully saturated rings. The predicted molar refractivity (Wildman–Crippen MR) is 246 cm³/mol. The SMILES string of the molecule is C.C=CC(=O)N1CC[C@@H]1COC(=O)N[C@@H](Cc1coc2ccccc12)B(O)O.CC(C)(C)OC(=O)N1CC[C@@H]1CO.CC(C)(C)OC(=O)N1CC[C@@H]1COC(=O)Cl.COC(=O)OC(Cl)(Cl)Cl. The number of likely N-dealkylation sites (tertiary alicyclic amines) is 3. The molecule has 3 saturated heterocycles. The zero-order valence-electron chi connectivity index (χ0n) is 37.1. The van der Waals surface area contributed by atoms with Crippen molar-refractivity contribution in [3.8, 4) is 0 Å². The number of furan rings is 1. The summed E-state index contributed by atoms with van der Waals surface area (Å²) in [6, 6.07) is 7.02.